The minimum atomic E-state index is -0.343. The van der Waals surface area contributed by atoms with Crippen LogP contribution in [0.15, 0.2) is 18.2 Å². The third kappa shape index (κ3) is 1.97. The molecular weight excluding hydrogens is 260 g/mol. The van der Waals surface area contributed by atoms with Gasteiger partial charge in [-0.1, -0.05) is 0 Å². The minimum absolute atomic E-state index is 0.00682. The number of fused-ring (bicyclic) bond motifs is 1. The van der Waals surface area contributed by atoms with E-state index >= 15 is 0 Å². The van der Waals surface area contributed by atoms with E-state index in [1.165, 1.54) is 18.2 Å². The summed E-state index contributed by atoms with van der Waals surface area (Å²) >= 11 is 0. The Balaban J connectivity index is 1.90. The highest BCUT2D eigenvalue weighted by molar-refractivity contribution is 5.98. The number of carbonyl (C=O) groups is 2. The van der Waals surface area contributed by atoms with Crippen molar-refractivity contribution in [2.24, 2.45) is 5.92 Å². The molecule has 0 radical (unpaired) electrons. The van der Waals surface area contributed by atoms with Crippen LogP contribution in [0.25, 0.3) is 0 Å². The fourth-order valence-electron chi connectivity index (χ4n) is 3.05. The first-order valence-electron chi connectivity index (χ1n) is 6.68. The molecule has 6 heteroatoms. The molecule has 0 aliphatic carbocycles. The molecule has 2 aliphatic rings. The summed E-state index contributed by atoms with van der Waals surface area (Å²) in [6, 6.07) is 3.71. The van der Waals surface area contributed by atoms with Crippen molar-refractivity contribution in [2.75, 3.05) is 13.1 Å². The predicted molar refractivity (Wildman–Crippen MR) is 70.3 cm³/mol. The highest BCUT2D eigenvalue weighted by atomic mass is 16.3. The Labute approximate surface area is 116 Å². The van der Waals surface area contributed by atoms with Crippen LogP contribution in [0.2, 0.25) is 0 Å². The first-order valence-corrected chi connectivity index (χ1v) is 6.68. The highest BCUT2D eigenvalue weighted by Crippen LogP contribution is 2.31. The van der Waals surface area contributed by atoms with Crippen LogP contribution in [-0.2, 0) is 4.79 Å². The number of carbonyl (C=O) groups excluding carboxylic acids is 2. The molecule has 6 nitrogen and oxygen atoms in total. The molecule has 2 aliphatic heterocycles. The lowest BCUT2D eigenvalue weighted by molar-refractivity contribution is -0.123. The maximum Gasteiger partial charge on any atom is 0.258 e. The van der Waals surface area contributed by atoms with E-state index in [2.05, 4.69) is 5.32 Å². The zero-order valence-electron chi connectivity index (χ0n) is 10.9. The Morgan fingerprint density at radius 1 is 1.35 bits per heavy atom. The Hall–Kier alpha value is -2.24. The number of nitrogens with zero attached hydrogens (tertiary/aromatic N) is 1. The molecule has 2 heterocycles. The molecule has 0 spiro atoms. The van der Waals surface area contributed by atoms with Gasteiger partial charge in [-0.05, 0) is 31.0 Å². The van der Waals surface area contributed by atoms with E-state index in [0.29, 0.717) is 13.1 Å². The zero-order valence-corrected chi connectivity index (χ0v) is 10.9. The Bertz CT molecular complexity index is 572. The summed E-state index contributed by atoms with van der Waals surface area (Å²) in [7, 11) is 0. The van der Waals surface area contributed by atoms with Gasteiger partial charge in [0, 0.05) is 13.1 Å². The summed E-state index contributed by atoms with van der Waals surface area (Å²) in [5, 5.41) is 22.0. The van der Waals surface area contributed by atoms with E-state index in [9.17, 15) is 19.8 Å². The predicted octanol–water partition coefficient (Wildman–Crippen LogP) is 0.448. The third-order valence-electron chi connectivity index (χ3n) is 4.07. The molecule has 2 fully saturated rings. The van der Waals surface area contributed by atoms with Gasteiger partial charge in [-0.25, -0.2) is 0 Å². The van der Waals surface area contributed by atoms with Crippen LogP contribution in [0.3, 0.4) is 0 Å². The number of piperidine rings is 1. The van der Waals surface area contributed by atoms with Gasteiger partial charge in [-0.15, -0.1) is 0 Å². The number of rotatable bonds is 1. The number of benzene rings is 1. The van der Waals surface area contributed by atoms with Gasteiger partial charge < -0.3 is 20.4 Å². The Kier molecular flexibility index (Phi) is 3.00. The number of likely N-dealkylation sites (tertiary alicyclic amines) is 1. The monoisotopic (exact) mass is 276 g/mol. The quantitative estimate of drug-likeness (QED) is 0.650. The second kappa shape index (κ2) is 4.70. The first-order chi connectivity index (χ1) is 9.58. The molecule has 106 valence electrons. The van der Waals surface area contributed by atoms with Gasteiger partial charge in [-0.3, -0.25) is 9.59 Å². The van der Waals surface area contributed by atoms with Crippen molar-refractivity contribution in [1.82, 2.24) is 10.2 Å². The van der Waals surface area contributed by atoms with Crippen molar-refractivity contribution in [3.63, 3.8) is 0 Å². The summed E-state index contributed by atoms with van der Waals surface area (Å²) < 4.78 is 0. The zero-order chi connectivity index (χ0) is 14.3. The van der Waals surface area contributed by atoms with Crippen LogP contribution < -0.4 is 5.32 Å². The SMILES string of the molecule is O=C1NCC2C1CCCN2C(=O)c1cc(O)ccc1O. The number of nitrogens with one attached hydrogen (secondary N) is 1. The van der Waals surface area contributed by atoms with E-state index in [1.54, 1.807) is 4.90 Å². The van der Waals surface area contributed by atoms with Gasteiger partial charge in [0.15, 0.2) is 0 Å². The van der Waals surface area contributed by atoms with Crippen LogP contribution in [-0.4, -0.2) is 46.1 Å². The van der Waals surface area contributed by atoms with Crippen molar-refractivity contribution < 1.29 is 19.8 Å². The van der Waals surface area contributed by atoms with Crippen molar-refractivity contribution in [3.05, 3.63) is 23.8 Å². The first kappa shape index (κ1) is 12.8. The fraction of sp³-hybridized carbons (Fsp3) is 0.429. The van der Waals surface area contributed by atoms with Gasteiger partial charge in [0.2, 0.25) is 5.91 Å². The number of aromatic hydroxyl groups is 2. The summed E-state index contributed by atoms with van der Waals surface area (Å²) in [6.07, 6.45) is 1.55. The summed E-state index contributed by atoms with van der Waals surface area (Å²) in [5.41, 5.74) is 0.0741. The van der Waals surface area contributed by atoms with Gasteiger partial charge in [-0.2, -0.15) is 0 Å². The second-order valence-corrected chi connectivity index (χ2v) is 5.26. The molecule has 2 amide bonds. The molecule has 20 heavy (non-hydrogen) atoms. The normalized spacial score (nSPS) is 25.2. The molecule has 0 bridgehead atoms. The summed E-state index contributed by atoms with van der Waals surface area (Å²) in [6.45, 7) is 1.01. The van der Waals surface area contributed by atoms with Crippen LogP contribution in [0.1, 0.15) is 23.2 Å². The lowest BCUT2D eigenvalue weighted by atomic mass is 9.91. The average molecular weight is 276 g/mol. The molecule has 0 aromatic heterocycles. The summed E-state index contributed by atoms with van der Waals surface area (Å²) in [4.78, 5) is 25.9. The molecule has 3 N–H and O–H groups in total. The van der Waals surface area contributed by atoms with Crippen LogP contribution in [0, 0.1) is 5.92 Å². The van der Waals surface area contributed by atoms with E-state index in [1.807, 2.05) is 0 Å². The Morgan fingerprint density at radius 3 is 2.95 bits per heavy atom. The molecule has 2 saturated heterocycles. The van der Waals surface area contributed by atoms with E-state index in [-0.39, 0.29) is 40.8 Å². The largest absolute Gasteiger partial charge is 0.508 e. The lowest BCUT2D eigenvalue weighted by Gasteiger charge is -2.36. The standard InChI is InChI=1S/C14H16N2O4/c17-8-3-4-12(18)10(6-8)14(20)16-5-1-2-9-11(16)7-15-13(9)19/h3-4,6,9,11,17-18H,1-2,5,7H2,(H,15,19). The average Bonchev–Trinajstić information content (AvgIpc) is 2.83. The summed E-state index contributed by atoms with van der Waals surface area (Å²) in [5.74, 6) is -0.739. The number of amides is 2. The number of phenolic OH excluding ortho intramolecular Hbond substituents is 2. The molecular formula is C14H16N2O4. The molecule has 3 rings (SSSR count). The lowest BCUT2D eigenvalue weighted by Crippen LogP contribution is -2.48. The number of hydrogen-bond donors (Lipinski definition) is 3. The van der Waals surface area contributed by atoms with Crippen LogP contribution in [0.4, 0.5) is 0 Å². The molecule has 2 atom stereocenters. The smallest absolute Gasteiger partial charge is 0.258 e. The van der Waals surface area contributed by atoms with Crippen molar-refractivity contribution in [3.8, 4) is 11.5 Å². The topological polar surface area (TPSA) is 89.9 Å². The van der Waals surface area contributed by atoms with E-state index < -0.39 is 0 Å². The maximum absolute atomic E-state index is 12.5. The highest BCUT2D eigenvalue weighted by Gasteiger charge is 2.43. The van der Waals surface area contributed by atoms with E-state index in [0.717, 1.165) is 12.8 Å². The maximum atomic E-state index is 12.5. The molecule has 1 aromatic rings. The van der Waals surface area contributed by atoms with Gasteiger partial charge in [0.25, 0.3) is 5.91 Å². The van der Waals surface area contributed by atoms with Crippen LogP contribution >= 0.6 is 0 Å². The second-order valence-electron chi connectivity index (χ2n) is 5.26. The minimum Gasteiger partial charge on any atom is -0.508 e. The van der Waals surface area contributed by atoms with Crippen molar-refractivity contribution >= 4 is 11.8 Å². The van der Waals surface area contributed by atoms with Gasteiger partial charge in [0.05, 0.1) is 17.5 Å². The van der Waals surface area contributed by atoms with E-state index in [4.69, 9.17) is 0 Å². The molecule has 1 aromatic carbocycles. The number of hydrogen-bond acceptors (Lipinski definition) is 4. The van der Waals surface area contributed by atoms with Crippen molar-refractivity contribution in [1.29, 1.82) is 0 Å². The van der Waals surface area contributed by atoms with Gasteiger partial charge in [0.1, 0.15) is 11.5 Å². The van der Waals surface area contributed by atoms with Gasteiger partial charge >= 0.3 is 0 Å². The van der Waals surface area contributed by atoms with Crippen LogP contribution in [0.5, 0.6) is 11.5 Å². The number of phenols is 2. The third-order valence-corrected chi connectivity index (χ3v) is 4.07. The molecule has 2 unspecified atom stereocenters. The fourth-order valence-corrected chi connectivity index (χ4v) is 3.05. The molecule has 0 saturated carbocycles. The van der Waals surface area contributed by atoms with Crippen molar-refractivity contribution in [2.45, 2.75) is 18.9 Å². The Morgan fingerprint density at radius 2 is 2.15 bits per heavy atom.